The summed E-state index contributed by atoms with van der Waals surface area (Å²) in [5.41, 5.74) is 0.761. The van der Waals surface area contributed by atoms with Crippen LogP contribution in [0.2, 0.25) is 5.02 Å². The number of halogens is 1. The standard InChI is InChI=1S/C14H15ClN2O5/c1-17-10-6-12(22-7-13(19)16-2-3-18)9(15)4-8(10)5-11(17)14(20)21/h4-6,18H,2-3,7H2,1H3,(H,16,19)(H,20,21). The molecule has 22 heavy (non-hydrogen) atoms. The minimum absolute atomic E-state index is 0.129. The Kier molecular flexibility index (Phi) is 4.89. The molecule has 0 radical (unpaired) electrons. The summed E-state index contributed by atoms with van der Waals surface area (Å²) in [5.74, 6) is -1.14. The second kappa shape index (κ2) is 6.67. The second-order valence-electron chi connectivity index (χ2n) is 4.60. The number of carbonyl (C=O) groups is 2. The fraction of sp³-hybridized carbons (Fsp3) is 0.286. The van der Waals surface area contributed by atoms with Crippen LogP contribution in [0.3, 0.4) is 0 Å². The Labute approximate surface area is 131 Å². The van der Waals surface area contributed by atoms with E-state index in [1.54, 1.807) is 19.2 Å². The molecule has 7 nitrogen and oxygen atoms in total. The number of aliphatic hydroxyl groups excluding tert-OH is 1. The predicted molar refractivity (Wildman–Crippen MR) is 80.5 cm³/mol. The van der Waals surface area contributed by atoms with Crippen LogP contribution in [-0.4, -0.2) is 46.4 Å². The summed E-state index contributed by atoms with van der Waals surface area (Å²) in [6, 6.07) is 4.69. The Morgan fingerprint density at radius 1 is 1.36 bits per heavy atom. The number of hydrogen-bond acceptors (Lipinski definition) is 4. The van der Waals surface area contributed by atoms with Crippen LogP contribution in [-0.2, 0) is 11.8 Å². The number of hydrogen-bond donors (Lipinski definition) is 3. The van der Waals surface area contributed by atoms with E-state index >= 15 is 0 Å². The number of rotatable bonds is 6. The SMILES string of the molecule is Cn1c(C(=O)O)cc2cc(Cl)c(OCC(=O)NCCO)cc21. The lowest BCUT2D eigenvalue weighted by atomic mass is 10.2. The number of nitrogens with one attached hydrogen (secondary N) is 1. The van der Waals surface area contributed by atoms with Gasteiger partial charge in [0, 0.05) is 25.0 Å². The van der Waals surface area contributed by atoms with Gasteiger partial charge in [-0.05, 0) is 12.1 Å². The Balaban J connectivity index is 2.24. The Morgan fingerprint density at radius 2 is 2.09 bits per heavy atom. The van der Waals surface area contributed by atoms with Crippen molar-refractivity contribution in [3.8, 4) is 5.75 Å². The van der Waals surface area contributed by atoms with Gasteiger partial charge in [0.25, 0.3) is 5.91 Å². The van der Waals surface area contributed by atoms with Crippen molar-refractivity contribution in [2.24, 2.45) is 7.05 Å². The molecule has 3 N–H and O–H groups in total. The van der Waals surface area contributed by atoms with Crippen molar-refractivity contribution < 1.29 is 24.5 Å². The van der Waals surface area contributed by atoms with E-state index in [9.17, 15) is 9.59 Å². The molecule has 0 fully saturated rings. The minimum Gasteiger partial charge on any atom is -0.482 e. The first-order valence-corrected chi connectivity index (χ1v) is 6.84. The van der Waals surface area contributed by atoms with Crippen LogP contribution in [0, 0.1) is 0 Å². The lowest BCUT2D eigenvalue weighted by Gasteiger charge is -2.09. The van der Waals surface area contributed by atoms with Gasteiger partial charge in [-0.3, -0.25) is 4.79 Å². The maximum atomic E-state index is 11.4. The molecule has 1 aromatic carbocycles. The molecule has 0 bridgehead atoms. The first-order valence-electron chi connectivity index (χ1n) is 6.46. The molecular weight excluding hydrogens is 312 g/mol. The van der Waals surface area contributed by atoms with E-state index in [4.69, 9.17) is 26.6 Å². The number of carboxylic acid groups (broad SMARTS) is 1. The summed E-state index contributed by atoms with van der Waals surface area (Å²) in [6.45, 7) is -0.254. The molecule has 2 aromatic rings. The highest BCUT2D eigenvalue weighted by Crippen LogP contribution is 2.31. The summed E-state index contributed by atoms with van der Waals surface area (Å²) >= 11 is 6.08. The molecule has 1 amide bonds. The monoisotopic (exact) mass is 326 g/mol. The molecule has 0 saturated carbocycles. The summed E-state index contributed by atoms with van der Waals surface area (Å²) in [4.78, 5) is 22.6. The minimum atomic E-state index is -1.04. The van der Waals surface area contributed by atoms with Crippen LogP contribution in [0.4, 0.5) is 0 Å². The molecule has 0 spiro atoms. The van der Waals surface area contributed by atoms with E-state index < -0.39 is 5.97 Å². The number of aryl methyl sites for hydroxylation is 1. The van der Waals surface area contributed by atoms with Crippen LogP contribution in [0.1, 0.15) is 10.5 Å². The lowest BCUT2D eigenvalue weighted by molar-refractivity contribution is -0.123. The van der Waals surface area contributed by atoms with E-state index in [1.165, 1.54) is 10.6 Å². The molecular formula is C14H15ClN2O5. The van der Waals surface area contributed by atoms with Crippen molar-refractivity contribution in [2.75, 3.05) is 19.8 Å². The van der Waals surface area contributed by atoms with Crippen molar-refractivity contribution >= 4 is 34.4 Å². The average Bonchev–Trinajstić information content (AvgIpc) is 2.79. The van der Waals surface area contributed by atoms with Gasteiger partial charge in [-0.15, -0.1) is 0 Å². The summed E-state index contributed by atoms with van der Waals surface area (Å²) in [6.07, 6.45) is 0. The van der Waals surface area contributed by atoms with Crippen LogP contribution in [0.5, 0.6) is 5.75 Å². The number of ether oxygens (including phenoxy) is 1. The van der Waals surface area contributed by atoms with Crippen molar-refractivity contribution in [3.63, 3.8) is 0 Å². The fourth-order valence-electron chi connectivity index (χ4n) is 2.04. The average molecular weight is 327 g/mol. The van der Waals surface area contributed by atoms with Gasteiger partial charge < -0.3 is 24.8 Å². The van der Waals surface area contributed by atoms with Gasteiger partial charge in [0.15, 0.2) is 6.61 Å². The maximum absolute atomic E-state index is 11.4. The third-order valence-electron chi connectivity index (χ3n) is 3.11. The largest absolute Gasteiger partial charge is 0.482 e. The smallest absolute Gasteiger partial charge is 0.352 e. The molecule has 0 saturated heterocycles. The van der Waals surface area contributed by atoms with Gasteiger partial charge in [-0.2, -0.15) is 0 Å². The van der Waals surface area contributed by atoms with Crippen LogP contribution < -0.4 is 10.1 Å². The van der Waals surface area contributed by atoms with Crippen molar-refractivity contribution in [2.45, 2.75) is 0 Å². The first-order chi connectivity index (χ1) is 10.4. The summed E-state index contributed by atoms with van der Waals surface area (Å²) in [5, 5.41) is 21.1. The normalized spacial score (nSPS) is 10.7. The van der Waals surface area contributed by atoms with E-state index in [1.807, 2.05) is 0 Å². The topological polar surface area (TPSA) is 101 Å². The Hall–Kier alpha value is -2.25. The number of aromatic nitrogens is 1. The number of fused-ring (bicyclic) bond motifs is 1. The van der Waals surface area contributed by atoms with Crippen molar-refractivity contribution in [1.82, 2.24) is 9.88 Å². The predicted octanol–water partition coefficient (Wildman–Crippen LogP) is 1.02. The lowest BCUT2D eigenvalue weighted by Crippen LogP contribution is -2.31. The number of nitrogens with zero attached hydrogens (tertiary/aromatic N) is 1. The van der Waals surface area contributed by atoms with Crippen molar-refractivity contribution in [3.05, 3.63) is 28.9 Å². The molecule has 0 aliphatic carbocycles. The van der Waals surface area contributed by atoms with Gasteiger partial charge in [0.05, 0.1) is 17.1 Å². The molecule has 118 valence electrons. The number of benzene rings is 1. The number of carboxylic acids is 1. The van der Waals surface area contributed by atoms with E-state index in [0.29, 0.717) is 10.9 Å². The number of carbonyl (C=O) groups excluding carboxylic acids is 1. The molecule has 8 heteroatoms. The van der Waals surface area contributed by atoms with Crippen LogP contribution >= 0.6 is 11.6 Å². The van der Waals surface area contributed by atoms with Gasteiger partial charge >= 0.3 is 5.97 Å². The Morgan fingerprint density at radius 3 is 2.73 bits per heavy atom. The third kappa shape index (κ3) is 3.32. The van der Waals surface area contributed by atoms with Gasteiger partial charge in [0.2, 0.25) is 0 Å². The number of aromatic carboxylic acids is 1. The first kappa shape index (κ1) is 16.1. The summed E-state index contributed by atoms with van der Waals surface area (Å²) < 4.78 is 6.85. The second-order valence-corrected chi connectivity index (χ2v) is 5.00. The molecule has 0 atom stereocenters. The molecule has 0 aliphatic heterocycles. The fourth-order valence-corrected chi connectivity index (χ4v) is 2.27. The van der Waals surface area contributed by atoms with E-state index in [2.05, 4.69) is 5.32 Å². The zero-order valence-corrected chi connectivity index (χ0v) is 12.6. The van der Waals surface area contributed by atoms with Crippen LogP contribution in [0.15, 0.2) is 18.2 Å². The molecule has 2 rings (SSSR count). The van der Waals surface area contributed by atoms with Gasteiger partial charge in [-0.1, -0.05) is 11.6 Å². The summed E-state index contributed by atoms with van der Waals surface area (Å²) in [7, 11) is 1.62. The van der Waals surface area contributed by atoms with Crippen molar-refractivity contribution in [1.29, 1.82) is 0 Å². The highest BCUT2D eigenvalue weighted by molar-refractivity contribution is 6.32. The number of aliphatic hydroxyl groups is 1. The van der Waals surface area contributed by atoms with Crippen LogP contribution in [0.25, 0.3) is 10.9 Å². The van der Waals surface area contributed by atoms with Gasteiger partial charge in [-0.25, -0.2) is 4.79 Å². The maximum Gasteiger partial charge on any atom is 0.352 e. The zero-order valence-electron chi connectivity index (χ0n) is 11.8. The Bertz CT molecular complexity index is 726. The molecule has 1 heterocycles. The zero-order chi connectivity index (χ0) is 16.3. The van der Waals surface area contributed by atoms with E-state index in [0.717, 1.165) is 0 Å². The highest BCUT2D eigenvalue weighted by Gasteiger charge is 2.15. The van der Waals surface area contributed by atoms with E-state index in [-0.39, 0.29) is 42.1 Å². The van der Waals surface area contributed by atoms with Gasteiger partial charge in [0.1, 0.15) is 11.4 Å². The quantitative estimate of drug-likeness (QED) is 0.735. The molecule has 1 aromatic heterocycles. The number of amides is 1. The third-order valence-corrected chi connectivity index (χ3v) is 3.40. The molecule has 0 aliphatic rings. The molecule has 0 unspecified atom stereocenters. The highest BCUT2D eigenvalue weighted by atomic mass is 35.5.